The molecule has 0 aromatic rings. The van der Waals surface area contributed by atoms with E-state index in [1.165, 1.54) is 0 Å². The number of aliphatic hydroxyl groups excluding tert-OH is 2. The summed E-state index contributed by atoms with van der Waals surface area (Å²) in [6.07, 6.45) is 0. The first-order chi connectivity index (χ1) is 3.73. The van der Waals surface area contributed by atoms with Crippen molar-refractivity contribution in [3.05, 3.63) is 0 Å². The Bertz CT molecular complexity index is 33.4. The molecule has 0 unspecified atom stereocenters. The minimum absolute atomic E-state index is 1.00. The van der Waals surface area contributed by atoms with Gasteiger partial charge in [-0.15, -0.1) is 0 Å². The maximum atomic E-state index is 8.74. The van der Waals surface area contributed by atoms with E-state index in [0.29, 0.717) is 0 Å². The molecule has 0 radical (unpaired) electrons. The van der Waals surface area contributed by atoms with Crippen LogP contribution in [-0.4, -0.2) is 34.2 Å². The molecule has 0 heterocycles. The number of hydrogen-bond acceptors (Lipinski definition) is 3. The van der Waals surface area contributed by atoms with Gasteiger partial charge in [0.25, 0.3) is 0 Å². The summed E-state index contributed by atoms with van der Waals surface area (Å²) in [4.78, 5) is 14.3. The van der Waals surface area contributed by atoms with Crippen LogP contribution in [0.3, 0.4) is 0 Å². The summed E-state index contributed by atoms with van der Waals surface area (Å²) < 4.78 is 8.74. The van der Waals surface area contributed by atoms with Gasteiger partial charge < -0.3 is 20.0 Å². The highest BCUT2D eigenvalue weighted by atomic mass is 31.1. The molecular weight excluding hydrogens is 135 g/mol. The minimum atomic E-state index is -3.13. The van der Waals surface area contributed by atoms with E-state index in [1.54, 1.807) is 0 Å². The smallest absolute Gasteiger partial charge is 0.314 e. The summed E-state index contributed by atoms with van der Waals surface area (Å²) in [7, 11) is -1.13. The first-order valence-electron chi connectivity index (χ1n) is 1.55. The molecule has 0 amide bonds. The summed E-state index contributed by atoms with van der Waals surface area (Å²) in [5.41, 5.74) is 0. The van der Waals surface area contributed by atoms with Crippen LogP contribution in [0.15, 0.2) is 0 Å². The zero-order valence-corrected chi connectivity index (χ0v) is 5.70. The Morgan fingerprint density at radius 1 is 1.00 bits per heavy atom. The Kier molecular flexibility index (Phi) is 54.2. The Labute approximate surface area is 48.2 Å². The molecule has 0 bridgehead atoms. The number of rotatable bonds is 0. The fourth-order valence-electron chi connectivity index (χ4n) is 0. The van der Waals surface area contributed by atoms with Gasteiger partial charge in [0.05, 0.1) is 0 Å². The van der Waals surface area contributed by atoms with E-state index in [2.05, 4.69) is 0 Å². The van der Waals surface area contributed by atoms with Crippen molar-refractivity contribution >= 4 is 8.25 Å². The Morgan fingerprint density at radius 2 is 1.00 bits per heavy atom. The van der Waals surface area contributed by atoms with Crippen molar-refractivity contribution in [1.29, 1.82) is 0 Å². The molecule has 5 nitrogen and oxygen atoms in total. The van der Waals surface area contributed by atoms with Crippen molar-refractivity contribution in [2.45, 2.75) is 0 Å². The SMILES string of the molecule is CO.CO.O=[PH](O)O. The maximum absolute atomic E-state index is 8.74. The molecule has 0 saturated heterocycles. The van der Waals surface area contributed by atoms with Gasteiger partial charge in [0.1, 0.15) is 0 Å². The minimum Gasteiger partial charge on any atom is -0.400 e. The van der Waals surface area contributed by atoms with Crippen molar-refractivity contribution in [3.8, 4) is 0 Å². The van der Waals surface area contributed by atoms with E-state index in [1.807, 2.05) is 0 Å². The fourth-order valence-corrected chi connectivity index (χ4v) is 0. The van der Waals surface area contributed by atoms with Crippen LogP contribution in [0, 0.1) is 0 Å². The predicted molar refractivity (Wildman–Crippen MR) is 29.7 cm³/mol. The van der Waals surface area contributed by atoms with Crippen LogP contribution in [0.5, 0.6) is 0 Å². The number of aliphatic hydroxyl groups is 2. The molecule has 4 N–H and O–H groups in total. The standard InChI is InChI=1S/2CH4O.H3O3P/c2*1-2;1-4(2)3/h2*2H,1H3;4H,(H2,1,2,3). The molecule has 0 atom stereocenters. The Balaban J connectivity index is -0.0000000542. The lowest BCUT2D eigenvalue weighted by atomic mass is 11.8. The molecule has 0 aliphatic rings. The second-order valence-corrected chi connectivity index (χ2v) is 0.848. The van der Waals surface area contributed by atoms with E-state index in [0.717, 1.165) is 14.2 Å². The van der Waals surface area contributed by atoms with Gasteiger partial charge in [0.2, 0.25) is 0 Å². The van der Waals surface area contributed by atoms with Crippen LogP contribution in [0.4, 0.5) is 0 Å². The normalized spacial score (nSPS) is 5.88. The lowest BCUT2D eigenvalue weighted by Gasteiger charge is -1.61. The summed E-state index contributed by atoms with van der Waals surface area (Å²) in [6, 6.07) is 0. The van der Waals surface area contributed by atoms with Gasteiger partial charge in [-0.25, -0.2) is 0 Å². The molecule has 6 heteroatoms. The van der Waals surface area contributed by atoms with Gasteiger partial charge in [-0.1, -0.05) is 0 Å². The van der Waals surface area contributed by atoms with Crippen LogP contribution < -0.4 is 0 Å². The highest BCUT2D eigenvalue weighted by molar-refractivity contribution is 7.30. The zero-order valence-electron chi connectivity index (χ0n) is 4.70. The van der Waals surface area contributed by atoms with Gasteiger partial charge in [-0.05, 0) is 0 Å². The summed E-state index contributed by atoms with van der Waals surface area (Å²) in [5.74, 6) is 0. The molecular formula is C2H11O5P. The van der Waals surface area contributed by atoms with Crippen molar-refractivity contribution in [1.82, 2.24) is 0 Å². The second kappa shape index (κ2) is 27.6. The molecule has 54 valence electrons. The Morgan fingerprint density at radius 3 is 1.00 bits per heavy atom. The highest BCUT2D eigenvalue weighted by Gasteiger charge is 1.61. The van der Waals surface area contributed by atoms with Crippen LogP contribution in [0.1, 0.15) is 0 Å². The van der Waals surface area contributed by atoms with E-state index in [-0.39, 0.29) is 0 Å². The highest BCUT2D eigenvalue weighted by Crippen LogP contribution is 1.98. The topological polar surface area (TPSA) is 98.0 Å². The van der Waals surface area contributed by atoms with Gasteiger partial charge >= 0.3 is 8.25 Å². The average molecular weight is 146 g/mol. The molecule has 0 saturated carbocycles. The molecule has 0 fully saturated rings. The first kappa shape index (κ1) is 15.7. The van der Waals surface area contributed by atoms with Crippen LogP contribution in [-0.2, 0) is 4.57 Å². The van der Waals surface area contributed by atoms with Crippen molar-refractivity contribution < 1.29 is 24.6 Å². The molecule has 0 aromatic carbocycles. The van der Waals surface area contributed by atoms with Crippen molar-refractivity contribution in [3.63, 3.8) is 0 Å². The van der Waals surface area contributed by atoms with E-state index >= 15 is 0 Å². The average Bonchev–Trinajstić information content (AvgIpc) is 1.75. The fraction of sp³-hybridized carbons (Fsp3) is 1.00. The molecule has 0 aliphatic heterocycles. The molecule has 0 aromatic heterocycles. The van der Waals surface area contributed by atoms with Gasteiger partial charge in [-0.2, -0.15) is 0 Å². The summed E-state index contributed by atoms with van der Waals surface area (Å²) in [6.45, 7) is 0. The second-order valence-electron chi connectivity index (χ2n) is 0.283. The van der Waals surface area contributed by atoms with E-state index in [9.17, 15) is 0 Å². The Hall–Kier alpha value is 0.0700. The van der Waals surface area contributed by atoms with Crippen LogP contribution >= 0.6 is 8.25 Å². The molecule has 0 aliphatic carbocycles. The van der Waals surface area contributed by atoms with Crippen LogP contribution in [0.2, 0.25) is 0 Å². The van der Waals surface area contributed by atoms with Crippen LogP contribution in [0.25, 0.3) is 0 Å². The monoisotopic (exact) mass is 146 g/mol. The number of hydrogen-bond donors (Lipinski definition) is 4. The quantitative estimate of drug-likeness (QED) is 0.314. The van der Waals surface area contributed by atoms with Gasteiger partial charge in [0, 0.05) is 14.2 Å². The maximum Gasteiger partial charge on any atom is 0.314 e. The van der Waals surface area contributed by atoms with Crippen molar-refractivity contribution in [2.75, 3.05) is 14.2 Å². The third kappa shape index (κ3) is 31800. The van der Waals surface area contributed by atoms with Crippen molar-refractivity contribution in [2.24, 2.45) is 0 Å². The third-order valence-electron chi connectivity index (χ3n) is 0. The lowest BCUT2D eigenvalue weighted by Crippen LogP contribution is -1.38. The third-order valence-corrected chi connectivity index (χ3v) is 0. The summed E-state index contributed by atoms with van der Waals surface area (Å²) in [5, 5.41) is 14.0. The molecule has 0 spiro atoms. The molecule has 0 rings (SSSR count). The van der Waals surface area contributed by atoms with E-state index < -0.39 is 8.25 Å². The summed E-state index contributed by atoms with van der Waals surface area (Å²) >= 11 is 0. The molecule has 8 heavy (non-hydrogen) atoms. The lowest BCUT2D eigenvalue weighted by molar-refractivity contribution is 0.399. The zero-order chi connectivity index (χ0) is 7.58. The predicted octanol–water partition coefficient (Wildman–Crippen LogP) is -1.42. The van der Waals surface area contributed by atoms with E-state index in [4.69, 9.17) is 24.6 Å². The van der Waals surface area contributed by atoms with Gasteiger partial charge in [-0.3, -0.25) is 4.57 Å². The first-order valence-corrected chi connectivity index (χ1v) is 2.85. The largest absolute Gasteiger partial charge is 0.400 e. The van der Waals surface area contributed by atoms with Gasteiger partial charge in [0.15, 0.2) is 0 Å².